The zero-order valence-electron chi connectivity index (χ0n) is 11.3. The molecule has 3 amide bonds. The molecule has 110 valence electrons. The van der Waals surface area contributed by atoms with Crippen molar-refractivity contribution in [1.29, 1.82) is 0 Å². The summed E-state index contributed by atoms with van der Waals surface area (Å²) in [4.78, 5) is 37.1. The largest absolute Gasteiger partial charge is 0.481 e. The second-order valence-electron chi connectivity index (χ2n) is 4.30. The van der Waals surface area contributed by atoms with Crippen LogP contribution < -0.4 is 10.6 Å². The number of carboxylic acid groups (broad SMARTS) is 1. The second-order valence-corrected chi connectivity index (χ2v) is 4.30. The maximum Gasteiger partial charge on any atom is 0.322 e. The van der Waals surface area contributed by atoms with Gasteiger partial charge in [0.25, 0.3) is 0 Å². The summed E-state index contributed by atoms with van der Waals surface area (Å²) in [5, 5.41) is 13.0. The third kappa shape index (κ3) is 5.51. The lowest BCUT2D eigenvalue weighted by Crippen LogP contribution is -2.40. The van der Waals surface area contributed by atoms with Crippen molar-refractivity contribution in [1.82, 2.24) is 15.6 Å². The van der Waals surface area contributed by atoms with E-state index in [1.807, 2.05) is 0 Å². The molecular formula is C12H17N3O5. The highest BCUT2D eigenvalue weighted by molar-refractivity contribution is 5.94. The Balaban J connectivity index is 2.32. The summed E-state index contributed by atoms with van der Waals surface area (Å²) in [6.45, 7) is 3.40. The van der Waals surface area contributed by atoms with Gasteiger partial charge in [0.1, 0.15) is 11.8 Å². The zero-order chi connectivity index (χ0) is 15.1. The predicted molar refractivity (Wildman–Crippen MR) is 67.8 cm³/mol. The molecular weight excluding hydrogens is 266 g/mol. The van der Waals surface area contributed by atoms with E-state index in [1.54, 1.807) is 13.8 Å². The van der Waals surface area contributed by atoms with E-state index in [-0.39, 0.29) is 19.3 Å². The lowest BCUT2D eigenvalue weighted by molar-refractivity contribution is -0.137. The van der Waals surface area contributed by atoms with Crippen molar-refractivity contribution < 1.29 is 23.9 Å². The van der Waals surface area contributed by atoms with Gasteiger partial charge in [-0.05, 0) is 20.3 Å². The quantitative estimate of drug-likeness (QED) is 0.719. The van der Waals surface area contributed by atoms with Crippen LogP contribution >= 0.6 is 0 Å². The van der Waals surface area contributed by atoms with Crippen LogP contribution in [0.4, 0.5) is 4.79 Å². The minimum atomic E-state index is -0.977. The average Bonchev–Trinajstić information content (AvgIpc) is 2.75. The highest BCUT2D eigenvalue weighted by Crippen LogP contribution is 2.11. The van der Waals surface area contributed by atoms with E-state index in [1.165, 1.54) is 6.20 Å². The lowest BCUT2D eigenvalue weighted by atomic mass is 10.2. The number of hydrogen-bond acceptors (Lipinski definition) is 5. The first-order chi connectivity index (χ1) is 9.38. The number of carboxylic acids is 1. The summed E-state index contributed by atoms with van der Waals surface area (Å²) >= 11 is 0. The summed E-state index contributed by atoms with van der Waals surface area (Å²) in [5.74, 6) is -0.538. The summed E-state index contributed by atoms with van der Waals surface area (Å²) in [7, 11) is 0. The molecule has 0 aliphatic heterocycles. The Hall–Kier alpha value is -2.38. The number of rotatable bonds is 6. The maximum atomic E-state index is 11.5. The number of amides is 3. The van der Waals surface area contributed by atoms with Crippen molar-refractivity contribution in [3.05, 3.63) is 17.8 Å². The fourth-order valence-electron chi connectivity index (χ4n) is 1.46. The predicted octanol–water partition coefficient (Wildman–Crippen LogP) is 1.12. The van der Waals surface area contributed by atoms with Crippen LogP contribution in [0.25, 0.3) is 0 Å². The Morgan fingerprint density at radius 1 is 1.40 bits per heavy atom. The molecule has 1 unspecified atom stereocenters. The number of nitrogens with zero attached hydrogens (tertiary/aromatic N) is 1. The smallest absolute Gasteiger partial charge is 0.322 e. The number of aryl methyl sites for hydroxylation is 1. The number of urea groups is 1. The normalized spacial score (nSPS) is 11.7. The standard InChI is InChI=1S/C12H17N3O5/c1-7-6-13-11(20-7)8(2)14-12(19)15-9(16)4-3-5-10(17)18/h6,8H,3-5H2,1-2H3,(H,17,18)(H2,14,15,16,19). The number of carbonyl (C=O) groups excluding carboxylic acids is 2. The van der Waals surface area contributed by atoms with Crippen molar-refractivity contribution in [3.63, 3.8) is 0 Å². The molecule has 0 spiro atoms. The van der Waals surface area contributed by atoms with Gasteiger partial charge in [0.05, 0.1) is 6.20 Å². The van der Waals surface area contributed by atoms with Crippen molar-refractivity contribution in [2.75, 3.05) is 0 Å². The van der Waals surface area contributed by atoms with Gasteiger partial charge >= 0.3 is 12.0 Å². The van der Waals surface area contributed by atoms with Gasteiger partial charge < -0.3 is 14.8 Å². The van der Waals surface area contributed by atoms with Gasteiger partial charge in [-0.25, -0.2) is 9.78 Å². The minimum Gasteiger partial charge on any atom is -0.481 e. The third-order valence-electron chi connectivity index (χ3n) is 2.40. The first-order valence-electron chi connectivity index (χ1n) is 6.13. The number of aromatic nitrogens is 1. The number of hydrogen-bond donors (Lipinski definition) is 3. The molecule has 0 aliphatic carbocycles. The van der Waals surface area contributed by atoms with Gasteiger partial charge in [0.2, 0.25) is 11.8 Å². The summed E-state index contributed by atoms with van der Waals surface area (Å²) in [6.07, 6.45) is 1.58. The molecule has 0 aliphatic rings. The Labute approximate surface area is 115 Å². The van der Waals surface area contributed by atoms with E-state index in [0.717, 1.165) is 0 Å². The summed E-state index contributed by atoms with van der Waals surface area (Å²) in [5.41, 5.74) is 0. The van der Waals surface area contributed by atoms with E-state index < -0.39 is 23.9 Å². The zero-order valence-corrected chi connectivity index (χ0v) is 11.3. The average molecular weight is 283 g/mol. The molecule has 8 nitrogen and oxygen atoms in total. The first-order valence-corrected chi connectivity index (χ1v) is 6.13. The molecule has 0 saturated carbocycles. The van der Waals surface area contributed by atoms with Gasteiger partial charge in [-0.3, -0.25) is 14.9 Å². The molecule has 1 heterocycles. The Bertz CT molecular complexity index is 497. The van der Waals surface area contributed by atoms with Crippen LogP contribution in [0.3, 0.4) is 0 Å². The van der Waals surface area contributed by atoms with Gasteiger partial charge in [0.15, 0.2) is 0 Å². The van der Waals surface area contributed by atoms with Crippen molar-refractivity contribution in [2.24, 2.45) is 0 Å². The molecule has 0 fully saturated rings. The van der Waals surface area contributed by atoms with Crippen LogP contribution in [0.1, 0.15) is 43.9 Å². The van der Waals surface area contributed by atoms with E-state index in [9.17, 15) is 14.4 Å². The number of imide groups is 1. The Kier molecular flexibility index (Phi) is 5.70. The van der Waals surface area contributed by atoms with Gasteiger partial charge in [-0.2, -0.15) is 0 Å². The van der Waals surface area contributed by atoms with Crippen LogP contribution in [0.2, 0.25) is 0 Å². The number of nitrogens with one attached hydrogen (secondary N) is 2. The number of oxazole rings is 1. The third-order valence-corrected chi connectivity index (χ3v) is 2.40. The van der Waals surface area contributed by atoms with Gasteiger partial charge in [-0.15, -0.1) is 0 Å². The molecule has 1 rings (SSSR count). The molecule has 0 radical (unpaired) electrons. The van der Waals surface area contributed by atoms with Crippen LogP contribution in [0, 0.1) is 6.92 Å². The maximum absolute atomic E-state index is 11.5. The molecule has 1 aromatic rings. The minimum absolute atomic E-state index is 0.0216. The van der Waals surface area contributed by atoms with Crippen molar-refractivity contribution in [3.8, 4) is 0 Å². The van der Waals surface area contributed by atoms with Crippen LogP contribution in [0.15, 0.2) is 10.6 Å². The number of aliphatic carboxylic acids is 1. The van der Waals surface area contributed by atoms with E-state index >= 15 is 0 Å². The number of carbonyl (C=O) groups is 3. The summed E-state index contributed by atoms with van der Waals surface area (Å²) in [6, 6.07) is -1.15. The molecule has 1 aromatic heterocycles. The SMILES string of the molecule is Cc1cnc(C(C)NC(=O)NC(=O)CCCC(=O)O)o1. The molecule has 3 N–H and O–H groups in total. The topological polar surface area (TPSA) is 122 Å². The van der Waals surface area contributed by atoms with Crippen molar-refractivity contribution in [2.45, 2.75) is 39.2 Å². The molecule has 0 aromatic carbocycles. The van der Waals surface area contributed by atoms with E-state index in [2.05, 4.69) is 15.6 Å². The Morgan fingerprint density at radius 2 is 2.10 bits per heavy atom. The van der Waals surface area contributed by atoms with Gasteiger partial charge in [0, 0.05) is 12.8 Å². The van der Waals surface area contributed by atoms with Crippen LogP contribution in [-0.4, -0.2) is 28.0 Å². The Morgan fingerprint density at radius 3 is 2.65 bits per heavy atom. The second kappa shape index (κ2) is 7.27. The molecule has 1 atom stereocenters. The highest BCUT2D eigenvalue weighted by Gasteiger charge is 2.15. The van der Waals surface area contributed by atoms with Crippen LogP contribution in [-0.2, 0) is 9.59 Å². The summed E-state index contributed by atoms with van der Waals surface area (Å²) < 4.78 is 5.24. The fourth-order valence-corrected chi connectivity index (χ4v) is 1.46. The first kappa shape index (κ1) is 15.7. The molecule has 8 heteroatoms. The fraction of sp³-hybridized carbons (Fsp3) is 0.500. The van der Waals surface area contributed by atoms with E-state index in [4.69, 9.17) is 9.52 Å². The molecule has 20 heavy (non-hydrogen) atoms. The van der Waals surface area contributed by atoms with Crippen LogP contribution in [0.5, 0.6) is 0 Å². The lowest BCUT2D eigenvalue weighted by Gasteiger charge is -2.10. The molecule has 0 bridgehead atoms. The highest BCUT2D eigenvalue weighted by atomic mass is 16.4. The monoisotopic (exact) mass is 283 g/mol. The van der Waals surface area contributed by atoms with Gasteiger partial charge in [-0.1, -0.05) is 0 Å². The van der Waals surface area contributed by atoms with E-state index in [0.29, 0.717) is 11.7 Å². The molecule has 0 saturated heterocycles. The van der Waals surface area contributed by atoms with Crippen molar-refractivity contribution >= 4 is 17.9 Å².